The number of aliphatic carboxylic acids is 1. The van der Waals surface area contributed by atoms with Crippen LogP contribution in [-0.2, 0) is 14.4 Å². The van der Waals surface area contributed by atoms with E-state index in [1.54, 1.807) is 15.9 Å². The molecule has 0 aromatic rings. The molecule has 7 atom stereocenters. The Kier molecular flexibility index (Phi) is 7.11. The molecule has 3 aliphatic rings. The number of amides is 2. The van der Waals surface area contributed by atoms with Crippen LogP contribution < -0.4 is 0 Å². The molecule has 174 valence electrons. The van der Waals surface area contributed by atoms with E-state index in [9.17, 15) is 24.6 Å². The predicted octanol–water partition coefficient (Wildman–Crippen LogP) is 2.24. The third-order valence-corrected chi connectivity index (χ3v) is 9.54. The van der Waals surface area contributed by atoms with Crippen LogP contribution in [0.5, 0.6) is 0 Å². The van der Waals surface area contributed by atoms with Crippen LogP contribution in [0.1, 0.15) is 47.0 Å². The van der Waals surface area contributed by atoms with E-state index < -0.39 is 34.6 Å². The second-order valence-electron chi connectivity index (χ2n) is 9.56. The van der Waals surface area contributed by atoms with Gasteiger partial charge in [-0.25, -0.2) is 0 Å². The molecule has 7 nitrogen and oxygen atoms in total. The molecular formula is C23H36N2O5S. The average Bonchev–Trinajstić information content (AvgIpc) is 3.29. The SMILES string of the molecule is C=CCN(CCCC)C(=O)C1N([C@@H](CO)C(C)C)C(=O)[C@@H]2[C@H](C(=O)O)[C@@H]3CC(C)C12S3. The van der Waals surface area contributed by atoms with Crippen LogP contribution in [0.25, 0.3) is 0 Å². The molecule has 3 heterocycles. The van der Waals surface area contributed by atoms with Gasteiger partial charge >= 0.3 is 5.97 Å². The minimum Gasteiger partial charge on any atom is -0.481 e. The van der Waals surface area contributed by atoms with Crippen LogP contribution in [0.3, 0.4) is 0 Å². The van der Waals surface area contributed by atoms with Crippen molar-refractivity contribution in [2.75, 3.05) is 19.7 Å². The molecule has 3 unspecified atom stereocenters. The van der Waals surface area contributed by atoms with E-state index in [0.717, 1.165) is 12.8 Å². The Hall–Kier alpha value is -1.54. The summed E-state index contributed by atoms with van der Waals surface area (Å²) in [7, 11) is 0. The van der Waals surface area contributed by atoms with Crippen molar-refractivity contribution in [3.05, 3.63) is 12.7 Å². The third-order valence-electron chi connectivity index (χ3n) is 7.46. The summed E-state index contributed by atoms with van der Waals surface area (Å²) in [5, 5.41) is 20.0. The topological polar surface area (TPSA) is 98.2 Å². The Morgan fingerprint density at radius 1 is 1.42 bits per heavy atom. The molecule has 2 amide bonds. The number of likely N-dealkylation sites (tertiary alicyclic amines) is 1. The van der Waals surface area contributed by atoms with Crippen molar-refractivity contribution in [2.24, 2.45) is 23.7 Å². The fourth-order valence-corrected chi connectivity index (χ4v) is 8.36. The summed E-state index contributed by atoms with van der Waals surface area (Å²) < 4.78 is -0.768. The van der Waals surface area contributed by atoms with E-state index >= 15 is 0 Å². The summed E-state index contributed by atoms with van der Waals surface area (Å²) in [5.74, 6) is -2.94. The summed E-state index contributed by atoms with van der Waals surface area (Å²) in [6.07, 6.45) is 4.15. The van der Waals surface area contributed by atoms with E-state index in [0.29, 0.717) is 19.5 Å². The van der Waals surface area contributed by atoms with Crippen LogP contribution in [0.2, 0.25) is 0 Å². The Morgan fingerprint density at radius 2 is 2.10 bits per heavy atom. The lowest BCUT2D eigenvalue weighted by Crippen LogP contribution is -2.60. The van der Waals surface area contributed by atoms with Gasteiger partial charge in [0.05, 0.1) is 29.2 Å². The van der Waals surface area contributed by atoms with Crippen LogP contribution in [0.4, 0.5) is 0 Å². The molecule has 3 aliphatic heterocycles. The summed E-state index contributed by atoms with van der Waals surface area (Å²) in [6, 6.07) is -1.30. The van der Waals surface area contributed by atoms with E-state index in [2.05, 4.69) is 13.5 Å². The van der Waals surface area contributed by atoms with Gasteiger partial charge < -0.3 is 20.0 Å². The molecule has 0 aromatic carbocycles. The Balaban J connectivity index is 2.13. The Labute approximate surface area is 189 Å². The Bertz CT molecular complexity index is 743. The highest BCUT2D eigenvalue weighted by Gasteiger charge is 2.77. The predicted molar refractivity (Wildman–Crippen MR) is 121 cm³/mol. The zero-order valence-electron chi connectivity index (χ0n) is 19.0. The lowest BCUT2D eigenvalue weighted by Gasteiger charge is -2.42. The lowest BCUT2D eigenvalue weighted by atomic mass is 9.66. The van der Waals surface area contributed by atoms with Gasteiger partial charge in [-0.15, -0.1) is 18.3 Å². The number of unbranched alkanes of at least 4 members (excludes halogenated alkanes) is 1. The molecular weight excluding hydrogens is 416 g/mol. The first kappa shape index (κ1) is 24.1. The molecule has 3 rings (SSSR count). The minimum atomic E-state index is -0.961. The number of carbonyl (C=O) groups excluding carboxylic acids is 2. The maximum absolute atomic E-state index is 14.0. The van der Waals surface area contributed by atoms with Gasteiger partial charge in [0.25, 0.3) is 0 Å². The van der Waals surface area contributed by atoms with Gasteiger partial charge in [-0.2, -0.15) is 0 Å². The number of fused-ring (bicyclic) bond motifs is 1. The number of nitrogens with zero attached hydrogens (tertiary/aromatic N) is 2. The number of rotatable bonds is 10. The molecule has 0 saturated carbocycles. The standard InChI is InChI=1S/C23H36N2O5S/c1-6-8-10-24(9-7-2)21(28)19-23-14(5)11-16(31-23)17(22(29)30)18(23)20(27)25(19)15(12-26)13(3)4/h7,13-19,26H,2,6,8-12H2,1,3-5H3,(H,29,30)/t14?,15-,16-,17+,18-,19?,23?/m0/s1. The molecule has 3 fully saturated rings. The van der Waals surface area contributed by atoms with E-state index in [4.69, 9.17) is 0 Å². The number of aliphatic hydroxyl groups is 1. The van der Waals surface area contributed by atoms with E-state index in [-0.39, 0.29) is 35.5 Å². The van der Waals surface area contributed by atoms with Crippen molar-refractivity contribution in [1.82, 2.24) is 9.80 Å². The summed E-state index contributed by atoms with van der Waals surface area (Å²) in [4.78, 5) is 43.3. The molecule has 8 heteroatoms. The fourth-order valence-electron chi connectivity index (χ4n) is 5.97. The zero-order valence-corrected chi connectivity index (χ0v) is 19.8. The van der Waals surface area contributed by atoms with Gasteiger partial charge in [0.15, 0.2) is 0 Å². The highest BCUT2D eigenvalue weighted by Crippen LogP contribution is 2.69. The maximum Gasteiger partial charge on any atom is 0.308 e. The smallest absolute Gasteiger partial charge is 0.308 e. The van der Waals surface area contributed by atoms with Gasteiger partial charge in [0, 0.05) is 18.3 Å². The van der Waals surface area contributed by atoms with Crippen molar-refractivity contribution in [2.45, 2.75) is 69.0 Å². The number of hydrogen-bond acceptors (Lipinski definition) is 5. The first-order chi connectivity index (χ1) is 14.7. The maximum atomic E-state index is 14.0. The van der Waals surface area contributed by atoms with E-state index in [1.165, 1.54) is 11.8 Å². The minimum absolute atomic E-state index is 0.0364. The third kappa shape index (κ3) is 3.59. The fraction of sp³-hybridized carbons (Fsp3) is 0.783. The average molecular weight is 453 g/mol. The van der Waals surface area contributed by atoms with Crippen LogP contribution in [0.15, 0.2) is 12.7 Å². The number of carbonyl (C=O) groups is 3. The lowest BCUT2D eigenvalue weighted by molar-refractivity contribution is -0.150. The highest BCUT2D eigenvalue weighted by molar-refractivity contribution is 8.02. The molecule has 3 saturated heterocycles. The van der Waals surface area contributed by atoms with Gasteiger partial charge in [-0.1, -0.05) is 40.2 Å². The first-order valence-electron chi connectivity index (χ1n) is 11.4. The molecule has 1 spiro atoms. The van der Waals surface area contributed by atoms with Crippen LogP contribution in [-0.4, -0.2) is 79.6 Å². The van der Waals surface area contributed by atoms with Crippen molar-refractivity contribution in [3.8, 4) is 0 Å². The largest absolute Gasteiger partial charge is 0.481 e. The zero-order chi connectivity index (χ0) is 23.1. The van der Waals surface area contributed by atoms with Crippen molar-refractivity contribution < 1.29 is 24.6 Å². The number of aliphatic hydroxyl groups excluding tert-OH is 1. The quantitative estimate of drug-likeness (QED) is 0.494. The van der Waals surface area contributed by atoms with Gasteiger partial charge in [0.1, 0.15) is 6.04 Å². The van der Waals surface area contributed by atoms with Gasteiger partial charge in [-0.05, 0) is 24.7 Å². The van der Waals surface area contributed by atoms with Crippen molar-refractivity contribution in [1.29, 1.82) is 0 Å². The van der Waals surface area contributed by atoms with Gasteiger partial charge in [-0.3, -0.25) is 14.4 Å². The number of hydrogen-bond donors (Lipinski definition) is 2. The number of carboxylic acids is 1. The molecule has 0 radical (unpaired) electrons. The van der Waals surface area contributed by atoms with Crippen molar-refractivity contribution >= 4 is 29.5 Å². The second kappa shape index (κ2) is 9.14. The second-order valence-corrected chi connectivity index (χ2v) is 11.1. The molecule has 0 aliphatic carbocycles. The molecule has 31 heavy (non-hydrogen) atoms. The van der Waals surface area contributed by atoms with Crippen LogP contribution in [0, 0.1) is 23.7 Å². The normalized spacial score (nSPS) is 34.8. The highest BCUT2D eigenvalue weighted by atomic mass is 32.2. The Morgan fingerprint density at radius 3 is 2.61 bits per heavy atom. The monoisotopic (exact) mass is 452 g/mol. The summed E-state index contributed by atoms with van der Waals surface area (Å²) in [5.41, 5.74) is 0. The first-order valence-corrected chi connectivity index (χ1v) is 12.3. The number of carboxylic acid groups (broad SMARTS) is 1. The van der Waals surface area contributed by atoms with Crippen molar-refractivity contribution in [3.63, 3.8) is 0 Å². The molecule has 0 aromatic heterocycles. The summed E-state index contributed by atoms with van der Waals surface area (Å²) >= 11 is 1.54. The van der Waals surface area contributed by atoms with Crippen LogP contribution >= 0.6 is 11.8 Å². The summed E-state index contributed by atoms with van der Waals surface area (Å²) in [6.45, 7) is 12.4. The molecule has 2 N–H and O–H groups in total. The van der Waals surface area contributed by atoms with Gasteiger partial charge in [0.2, 0.25) is 11.8 Å². The van der Waals surface area contributed by atoms with E-state index in [1.807, 2.05) is 20.8 Å². The number of thioether (sulfide) groups is 1. The molecule has 2 bridgehead atoms.